The Morgan fingerprint density at radius 3 is 2.43 bits per heavy atom. The Kier molecular flexibility index (Phi) is 9.29. The molecule has 2 aliphatic heterocycles. The van der Waals surface area contributed by atoms with E-state index in [4.69, 9.17) is 18.9 Å². The Balaban J connectivity index is 1.62. The van der Waals surface area contributed by atoms with E-state index in [1.54, 1.807) is 45.9 Å². The van der Waals surface area contributed by atoms with Gasteiger partial charge in [-0.15, -0.1) is 0 Å². The second-order valence-corrected chi connectivity index (χ2v) is 15.0. The molecule has 2 fully saturated rings. The van der Waals surface area contributed by atoms with Gasteiger partial charge in [-0.2, -0.15) is 8.78 Å². The lowest BCUT2D eigenvalue weighted by Crippen LogP contribution is -2.50. The molecule has 2 bridgehead atoms. The van der Waals surface area contributed by atoms with E-state index < -0.39 is 70.3 Å². The monoisotopic (exact) mass is 657 g/mol. The third-order valence-corrected chi connectivity index (χ3v) is 9.03. The maximum absolute atomic E-state index is 15.9. The summed E-state index contributed by atoms with van der Waals surface area (Å²) in [6.07, 6.45) is 2.30. The molecule has 1 saturated carbocycles. The molecule has 6 atom stereocenters. The molecule has 0 N–H and O–H groups in total. The number of carbonyl (C=O) groups excluding carboxylic acids is 3. The lowest BCUT2D eigenvalue weighted by atomic mass is 9.77. The van der Waals surface area contributed by atoms with Crippen LogP contribution in [0.4, 0.5) is 8.78 Å². The van der Waals surface area contributed by atoms with Crippen LogP contribution in [0.3, 0.4) is 0 Å². The van der Waals surface area contributed by atoms with Gasteiger partial charge in [-0.25, -0.2) is 14.8 Å². The van der Waals surface area contributed by atoms with Crippen LogP contribution in [-0.4, -0.2) is 70.2 Å². The van der Waals surface area contributed by atoms with Crippen molar-refractivity contribution in [2.45, 2.75) is 104 Å². The van der Waals surface area contributed by atoms with Crippen LogP contribution in [0.15, 0.2) is 30.4 Å². The van der Waals surface area contributed by atoms with Gasteiger partial charge in [0, 0.05) is 12.0 Å². The van der Waals surface area contributed by atoms with E-state index in [0.717, 1.165) is 6.08 Å². The summed E-state index contributed by atoms with van der Waals surface area (Å²) in [6.45, 7) is 12.3. The number of rotatable bonds is 2. The highest BCUT2D eigenvalue weighted by atomic mass is 19.3. The van der Waals surface area contributed by atoms with Gasteiger partial charge in [-0.3, -0.25) is 9.59 Å². The second-order valence-electron chi connectivity index (χ2n) is 15.0. The average Bonchev–Trinajstić information content (AvgIpc) is 3.62. The minimum absolute atomic E-state index is 0.0472. The number of aromatic nitrogens is 2. The van der Waals surface area contributed by atoms with Crippen molar-refractivity contribution in [3.63, 3.8) is 0 Å². The summed E-state index contributed by atoms with van der Waals surface area (Å²) in [4.78, 5) is 51.3. The minimum Gasteiger partial charge on any atom is -0.497 e. The van der Waals surface area contributed by atoms with Gasteiger partial charge in [0.1, 0.15) is 29.6 Å². The standard InChI is InChI=1S/C35H45F2N3O7/c1-19-26-18-40(28(19)32(43)47-34(5,6)7)31(42)22(33(2,3)4)17-27(41)45-25-15-20(25)11-9-10-14-35(36,37)29-30(46-26)39-24-16-21(44-8)12-13-23(24)38-29/h10,12-14,16,19-20,22,25-26,28H,9,11,15,17-18H2,1-8H3/b14-10+/t19-,20-,22-,25-,26+,28+/m1/s1. The number of hydrogen-bond donors (Lipinski definition) is 0. The molecule has 5 rings (SSSR count). The number of carbonyl (C=O) groups is 3. The zero-order chi connectivity index (χ0) is 34.5. The number of benzene rings is 1. The first-order chi connectivity index (χ1) is 21.9. The second kappa shape index (κ2) is 12.6. The van der Waals surface area contributed by atoms with Crippen molar-refractivity contribution in [2.24, 2.45) is 23.2 Å². The largest absolute Gasteiger partial charge is 0.497 e. The molecule has 10 nitrogen and oxygen atoms in total. The summed E-state index contributed by atoms with van der Waals surface area (Å²) in [5.74, 6) is -6.60. The molecule has 0 unspecified atom stereocenters. The van der Waals surface area contributed by atoms with Gasteiger partial charge in [0.2, 0.25) is 11.8 Å². The lowest BCUT2D eigenvalue weighted by molar-refractivity contribution is -0.166. The molecule has 47 heavy (non-hydrogen) atoms. The normalized spacial score (nSPS) is 29.0. The van der Waals surface area contributed by atoms with E-state index in [9.17, 15) is 14.4 Å². The Morgan fingerprint density at radius 2 is 1.77 bits per heavy atom. The molecule has 1 aromatic heterocycles. The van der Waals surface area contributed by atoms with Crippen molar-refractivity contribution in [1.29, 1.82) is 0 Å². The number of esters is 2. The predicted molar refractivity (Wildman–Crippen MR) is 169 cm³/mol. The first-order valence-corrected chi connectivity index (χ1v) is 16.2. The third kappa shape index (κ3) is 7.67. The summed E-state index contributed by atoms with van der Waals surface area (Å²) in [6, 6.07) is 3.62. The molecule has 3 heterocycles. The Labute approximate surface area is 274 Å². The molecule has 0 radical (unpaired) electrons. The quantitative estimate of drug-likeness (QED) is 0.283. The maximum Gasteiger partial charge on any atom is 0.329 e. The molecule has 3 aliphatic rings. The van der Waals surface area contributed by atoms with E-state index in [1.165, 1.54) is 18.1 Å². The number of halogens is 2. The van der Waals surface area contributed by atoms with Crippen molar-refractivity contribution in [1.82, 2.24) is 14.9 Å². The molecule has 1 saturated heterocycles. The topological polar surface area (TPSA) is 117 Å². The van der Waals surface area contributed by atoms with Gasteiger partial charge in [0.05, 0.1) is 37.0 Å². The fourth-order valence-corrected chi connectivity index (χ4v) is 6.26. The van der Waals surface area contributed by atoms with Crippen molar-refractivity contribution < 1.29 is 42.1 Å². The molecule has 1 amide bonds. The Bertz CT molecular complexity index is 1560. The number of hydrogen-bond acceptors (Lipinski definition) is 9. The maximum atomic E-state index is 15.9. The van der Waals surface area contributed by atoms with Crippen LogP contribution in [0.1, 0.15) is 79.8 Å². The SMILES string of the molecule is COc1ccc2nc3c(nc2c1)O[C@H]1CN(C(=O)[C@H](C(C)(C)C)CC(=O)O[C@@H]2C[C@H]2CC/C=C/C3(F)F)[C@H](C(=O)OC(C)(C)C)[C@@H]1C. The summed E-state index contributed by atoms with van der Waals surface area (Å²) in [5, 5.41) is 0. The van der Waals surface area contributed by atoms with E-state index >= 15 is 8.78 Å². The van der Waals surface area contributed by atoms with Crippen LogP contribution in [0, 0.1) is 23.2 Å². The van der Waals surface area contributed by atoms with Crippen molar-refractivity contribution in [3.8, 4) is 11.6 Å². The van der Waals surface area contributed by atoms with Crippen LogP contribution >= 0.6 is 0 Å². The number of nitrogens with zero attached hydrogens (tertiary/aromatic N) is 3. The highest BCUT2D eigenvalue weighted by Crippen LogP contribution is 2.42. The van der Waals surface area contributed by atoms with Crippen LogP contribution < -0.4 is 9.47 Å². The van der Waals surface area contributed by atoms with Crippen molar-refractivity contribution >= 4 is 28.9 Å². The van der Waals surface area contributed by atoms with Gasteiger partial charge in [0.15, 0.2) is 5.69 Å². The molecular formula is C35H45F2N3O7. The minimum atomic E-state index is -3.56. The molecule has 256 valence electrons. The molecule has 12 heteroatoms. The van der Waals surface area contributed by atoms with Crippen molar-refractivity contribution in [2.75, 3.05) is 13.7 Å². The summed E-state index contributed by atoms with van der Waals surface area (Å²) < 4.78 is 54.9. The average molecular weight is 658 g/mol. The number of amides is 1. The van der Waals surface area contributed by atoms with E-state index in [-0.39, 0.29) is 36.0 Å². The predicted octanol–water partition coefficient (Wildman–Crippen LogP) is 6.00. The number of allylic oxidation sites excluding steroid dienone is 2. The zero-order valence-electron chi connectivity index (χ0n) is 28.3. The van der Waals surface area contributed by atoms with Gasteiger partial charge < -0.3 is 23.8 Å². The van der Waals surface area contributed by atoms with Crippen LogP contribution in [0.25, 0.3) is 11.0 Å². The van der Waals surface area contributed by atoms with Crippen LogP contribution in [0.5, 0.6) is 11.6 Å². The zero-order valence-corrected chi connectivity index (χ0v) is 28.3. The van der Waals surface area contributed by atoms with Gasteiger partial charge in [-0.05, 0) is 69.6 Å². The Hall–Kier alpha value is -3.83. The summed E-state index contributed by atoms with van der Waals surface area (Å²) >= 11 is 0. The van der Waals surface area contributed by atoms with Gasteiger partial charge in [-0.1, -0.05) is 33.8 Å². The summed E-state index contributed by atoms with van der Waals surface area (Å²) in [7, 11) is 1.48. The van der Waals surface area contributed by atoms with Crippen molar-refractivity contribution in [3.05, 3.63) is 36.0 Å². The van der Waals surface area contributed by atoms with E-state index in [0.29, 0.717) is 25.0 Å². The molecule has 2 aromatic rings. The molecular weight excluding hydrogens is 612 g/mol. The fraction of sp³-hybridized carbons (Fsp3) is 0.629. The van der Waals surface area contributed by atoms with E-state index in [2.05, 4.69) is 9.97 Å². The number of ether oxygens (including phenoxy) is 4. The first kappa shape index (κ1) is 34.5. The molecule has 1 aromatic carbocycles. The fourth-order valence-electron chi connectivity index (χ4n) is 6.26. The van der Waals surface area contributed by atoms with E-state index in [1.807, 2.05) is 20.8 Å². The number of alkyl halides is 2. The Morgan fingerprint density at radius 1 is 1.04 bits per heavy atom. The number of methoxy groups -OCH3 is 1. The van der Waals surface area contributed by atoms with Crippen LogP contribution in [0.2, 0.25) is 0 Å². The van der Waals surface area contributed by atoms with Gasteiger partial charge in [0.25, 0.3) is 0 Å². The lowest BCUT2D eigenvalue weighted by Gasteiger charge is -2.35. The number of fused-ring (bicyclic) bond motifs is 5. The first-order valence-electron chi connectivity index (χ1n) is 16.2. The van der Waals surface area contributed by atoms with Crippen LogP contribution in [-0.2, 0) is 29.8 Å². The smallest absolute Gasteiger partial charge is 0.329 e. The highest BCUT2D eigenvalue weighted by Gasteiger charge is 2.52. The highest BCUT2D eigenvalue weighted by molar-refractivity contribution is 5.89. The molecule has 1 aliphatic carbocycles. The summed E-state index contributed by atoms with van der Waals surface area (Å²) in [5.41, 5.74) is -1.72. The van der Waals surface area contributed by atoms with Gasteiger partial charge >= 0.3 is 17.9 Å². The third-order valence-electron chi connectivity index (χ3n) is 9.03. The molecule has 0 spiro atoms.